The van der Waals surface area contributed by atoms with Gasteiger partial charge in [0.1, 0.15) is 0 Å². The molecule has 0 spiro atoms. The smallest absolute Gasteiger partial charge is 0.0593 e. The molecule has 0 aliphatic carbocycles. The molecule has 1 heterocycles. The van der Waals surface area contributed by atoms with Gasteiger partial charge in [-0.05, 0) is 19.3 Å². The Morgan fingerprint density at radius 2 is 2.17 bits per heavy atom. The maximum atomic E-state index is 5.44. The Hall–Kier alpha value is -0.0800. The lowest BCUT2D eigenvalue weighted by Crippen LogP contribution is -2.36. The average Bonchev–Trinajstić information content (AvgIpc) is 2.16. The van der Waals surface area contributed by atoms with Crippen LogP contribution in [0.25, 0.3) is 0 Å². The largest absolute Gasteiger partial charge is 0.380 e. The molecule has 1 unspecified atom stereocenters. The van der Waals surface area contributed by atoms with E-state index in [1.165, 1.54) is 13.0 Å². The van der Waals surface area contributed by atoms with Crippen LogP contribution < -0.4 is 0 Å². The molecule has 72 valence electrons. The molecule has 1 aliphatic heterocycles. The number of rotatable bonds is 2. The van der Waals surface area contributed by atoms with Crippen LogP contribution in [0.5, 0.6) is 0 Å². The maximum absolute atomic E-state index is 5.44. The third kappa shape index (κ3) is 3.11. The summed E-state index contributed by atoms with van der Waals surface area (Å²) in [6.07, 6.45) is 1.19. The van der Waals surface area contributed by atoms with Crippen LogP contribution >= 0.6 is 0 Å². The Bertz CT molecular complexity index is 125. The molecule has 1 saturated heterocycles. The van der Waals surface area contributed by atoms with E-state index in [0.29, 0.717) is 6.04 Å². The molecule has 0 saturated carbocycles. The zero-order valence-electron chi connectivity index (χ0n) is 8.55. The fourth-order valence-corrected chi connectivity index (χ4v) is 1.68. The van der Waals surface area contributed by atoms with Crippen molar-refractivity contribution in [2.45, 2.75) is 33.2 Å². The first-order valence-electron chi connectivity index (χ1n) is 5.02. The number of nitrogens with zero attached hydrogens (tertiary/aromatic N) is 1. The highest BCUT2D eigenvalue weighted by molar-refractivity contribution is 4.70. The number of hydrogen-bond donors (Lipinski definition) is 0. The second kappa shape index (κ2) is 4.83. The van der Waals surface area contributed by atoms with Gasteiger partial charge in [-0.1, -0.05) is 13.8 Å². The molecule has 0 aromatic heterocycles. The highest BCUT2D eigenvalue weighted by Crippen LogP contribution is 2.10. The molecule has 0 N–H and O–H groups in total. The van der Waals surface area contributed by atoms with Crippen molar-refractivity contribution in [2.75, 3.05) is 26.3 Å². The van der Waals surface area contributed by atoms with Crippen LogP contribution in [0.4, 0.5) is 0 Å². The third-order valence-electron chi connectivity index (χ3n) is 2.43. The average molecular weight is 171 g/mol. The Morgan fingerprint density at radius 3 is 2.83 bits per heavy atom. The first kappa shape index (κ1) is 10.0. The van der Waals surface area contributed by atoms with E-state index in [0.717, 1.165) is 25.7 Å². The van der Waals surface area contributed by atoms with Crippen molar-refractivity contribution in [3.8, 4) is 0 Å². The van der Waals surface area contributed by atoms with Crippen LogP contribution in [0.3, 0.4) is 0 Å². The van der Waals surface area contributed by atoms with Crippen LogP contribution in [0, 0.1) is 5.92 Å². The Morgan fingerprint density at radius 1 is 1.42 bits per heavy atom. The van der Waals surface area contributed by atoms with Gasteiger partial charge >= 0.3 is 0 Å². The molecule has 1 rings (SSSR count). The van der Waals surface area contributed by atoms with Crippen molar-refractivity contribution in [1.82, 2.24) is 4.90 Å². The van der Waals surface area contributed by atoms with Crippen molar-refractivity contribution in [1.29, 1.82) is 0 Å². The lowest BCUT2D eigenvalue weighted by molar-refractivity contribution is 0.137. The Balaban J connectivity index is 2.36. The van der Waals surface area contributed by atoms with Crippen molar-refractivity contribution < 1.29 is 4.74 Å². The van der Waals surface area contributed by atoms with Crippen LogP contribution in [-0.2, 0) is 4.74 Å². The van der Waals surface area contributed by atoms with Crippen molar-refractivity contribution in [2.24, 2.45) is 5.92 Å². The van der Waals surface area contributed by atoms with Gasteiger partial charge in [0.2, 0.25) is 0 Å². The van der Waals surface area contributed by atoms with E-state index >= 15 is 0 Å². The summed E-state index contributed by atoms with van der Waals surface area (Å²) < 4.78 is 5.44. The first-order valence-corrected chi connectivity index (χ1v) is 5.02. The molecule has 1 fully saturated rings. The van der Waals surface area contributed by atoms with Gasteiger partial charge < -0.3 is 4.74 Å². The standard InChI is InChI=1S/C10H21NO/c1-9(2)8-11-5-7-12-6-4-10(11)3/h9-10H,4-8H2,1-3H3. The molecule has 0 bridgehead atoms. The molecule has 12 heavy (non-hydrogen) atoms. The van der Waals surface area contributed by atoms with Crippen LogP contribution in [-0.4, -0.2) is 37.2 Å². The molecule has 0 radical (unpaired) electrons. The Kier molecular flexibility index (Phi) is 4.02. The van der Waals surface area contributed by atoms with Crippen LogP contribution in [0.2, 0.25) is 0 Å². The monoisotopic (exact) mass is 171 g/mol. The molecular weight excluding hydrogens is 150 g/mol. The zero-order chi connectivity index (χ0) is 8.97. The lowest BCUT2D eigenvalue weighted by Gasteiger charge is -2.27. The fourth-order valence-electron chi connectivity index (χ4n) is 1.68. The highest BCUT2D eigenvalue weighted by atomic mass is 16.5. The topological polar surface area (TPSA) is 12.5 Å². The summed E-state index contributed by atoms with van der Waals surface area (Å²) in [5.74, 6) is 0.769. The predicted molar refractivity (Wildman–Crippen MR) is 51.3 cm³/mol. The van der Waals surface area contributed by atoms with Gasteiger partial charge in [0, 0.05) is 25.7 Å². The summed E-state index contributed by atoms with van der Waals surface area (Å²) >= 11 is 0. The number of hydrogen-bond acceptors (Lipinski definition) is 2. The summed E-state index contributed by atoms with van der Waals surface area (Å²) in [7, 11) is 0. The minimum Gasteiger partial charge on any atom is -0.380 e. The van der Waals surface area contributed by atoms with Gasteiger partial charge in [0.15, 0.2) is 0 Å². The number of ether oxygens (including phenoxy) is 1. The van der Waals surface area contributed by atoms with Crippen molar-refractivity contribution >= 4 is 0 Å². The predicted octanol–water partition coefficient (Wildman–Crippen LogP) is 1.75. The second-order valence-corrected chi connectivity index (χ2v) is 4.14. The van der Waals surface area contributed by atoms with E-state index in [4.69, 9.17) is 4.74 Å². The summed E-state index contributed by atoms with van der Waals surface area (Å²) in [6, 6.07) is 0.704. The molecule has 2 heteroatoms. The molecule has 2 nitrogen and oxygen atoms in total. The van der Waals surface area contributed by atoms with Crippen molar-refractivity contribution in [3.05, 3.63) is 0 Å². The third-order valence-corrected chi connectivity index (χ3v) is 2.43. The van der Waals surface area contributed by atoms with E-state index in [-0.39, 0.29) is 0 Å². The van der Waals surface area contributed by atoms with E-state index in [2.05, 4.69) is 25.7 Å². The SMILES string of the molecule is CC(C)CN1CCOCCC1C. The van der Waals surface area contributed by atoms with E-state index < -0.39 is 0 Å². The van der Waals surface area contributed by atoms with Gasteiger partial charge in [-0.2, -0.15) is 0 Å². The summed E-state index contributed by atoms with van der Waals surface area (Å²) in [6.45, 7) is 11.0. The van der Waals surface area contributed by atoms with E-state index in [1.807, 2.05) is 0 Å². The molecule has 0 amide bonds. The van der Waals surface area contributed by atoms with E-state index in [9.17, 15) is 0 Å². The van der Waals surface area contributed by atoms with Crippen molar-refractivity contribution in [3.63, 3.8) is 0 Å². The molecular formula is C10H21NO. The van der Waals surface area contributed by atoms with Gasteiger partial charge in [0.25, 0.3) is 0 Å². The summed E-state index contributed by atoms with van der Waals surface area (Å²) in [4.78, 5) is 2.54. The molecule has 0 aromatic rings. The molecule has 1 atom stereocenters. The first-order chi connectivity index (χ1) is 5.70. The quantitative estimate of drug-likeness (QED) is 0.627. The lowest BCUT2D eigenvalue weighted by atomic mass is 10.1. The Labute approximate surface area is 75.9 Å². The molecule has 1 aliphatic rings. The zero-order valence-corrected chi connectivity index (χ0v) is 8.55. The maximum Gasteiger partial charge on any atom is 0.0593 e. The summed E-state index contributed by atoms with van der Waals surface area (Å²) in [5, 5.41) is 0. The minimum absolute atomic E-state index is 0.704. The van der Waals surface area contributed by atoms with Crippen LogP contribution in [0.15, 0.2) is 0 Å². The fraction of sp³-hybridized carbons (Fsp3) is 1.00. The van der Waals surface area contributed by atoms with Gasteiger partial charge in [-0.15, -0.1) is 0 Å². The molecule has 0 aromatic carbocycles. The second-order valence-electron chi connectivity index (χ2n) is 4.14. The van der Waals surface area contributed by atoms with Gasteiger partial charge in [-0.3, -0.25) is 4.90 Å². The summed E-state index contributed by atoms with van der Waals surface area (Å²) in [5.41, 5.74) is 0. The van der Waals surface area contributed by atoms with Crippen LogP contribution in [0.1, 0.15) is 27.2 Å². The minimum atomic E-state index is 0.704. The van der Waals surface area contributed by atoms with Gasteiger partial charge in [0.05, 0.1) is 6.61 Å². The van der Waals surface area contributed by atoms with Gasteiger partial charge in [-0.25, -0.2) is 0 Å². The normalized spacial score (nSPS) is 27.5. The highest BCUT2D eigenvalue weighted by Gasteiger charge is 2.17. The van der Waals surface area contributed by atoms with E-state index in [1.54, 1.807) is 0 Å².